The Bertz CT molecular complexity index is 1130. The minimum absolute atomic E-state index is 0.120. The van der Waals surface area contributed by atoms with Crippen LogP contribution in [0, 0.1) is 10.1 Å². The summed E-state index contributed by atoms with van der Waals surface area (Å²) in [6, 6.07) is 31.3. The van der Waals surface area contributed by atoms with E-state index in [-0.39, 0.29) is 10.6 Å². The first-order chi connectivity index (χ1) is 13.7. The van der Waals surface area contributed by atoms with Crippen LogP contribution in [0.15, 0.2) is 97.1 Å². The maximum atomic E-state index is 12.0. The van der Waals surface area contributed by atoms with Crippen LogP contribution >= 0.6 is 9.24 Å². The van der Waals surface area contributed by atoms with Gasteiger partial charge in [-0.3, -0.25) is 10.1 Å². The van der Waals surface area contributed by atoms with E-state index in [1.807, 2.05) is 97.1 Å². The Labute approximate surface area is 166 Å². The molecule has 4 aromatic carbocycles. The van der Waals surface area contributed by atoms with E-state index >= 15 is 0 Å². The molecule has 1 unspecified atom stereocenters. The lowest BCUT2D eigenvalue weighted by Crippen LogP contribution is -2.07. The van der Waals surface area contributed by atoms with Crippen molar-refractivity contribution in [2.45, 2.75) is 0 Å². The van der Waals surface area contributed by atoms with Gasteiger partial charge in [-0.2, -0.15) is 0 Å². The third-order valence-electron chi connectivity index (χ3n) is 4.72. The van der Waals surface area contributed by atoms with Crippen molar-refractivity contribution in [3.05, 3.63) is 107 Å². The number of hydrogen-bond donors (Lipinski definition) is 0. The lowest BCUT2D eigenvalue weighted by molar-refractivity contribution is -0.382. The number of benzene rings is 4. The lowest BCUT2D eigenvalue weighted by Gasteiger charge is -2.18. The van der Waals surface area contributed by atoms with E-state index in [4.69, 9.17) is 0 Å². The van der Waals surface area contributed by atoms with Crippen molar-refractivity contribution >= 4 is 20.2 Å². The van der Waals surface area contributed by atoms with Crippen LogP contribution in [0.25, 0.3) is 33.4 Å². The summed E-state index contributed by atoms with van der Waals surface area (Å²) >= 11 is 0. The van der Waals surface area contributed by atoms with Gasteiger partial charge in [0.15, 0.2) is 0 Å². The summed E-state index contributed by atoms with van der Waals surface area (Å²) in [5.41, 5.74) is 5.41. The SMILES string of the molecule is O=[N+]([O-])c1c(P)cc(-c2ccccc2)c(-c2ccccc2)c1-c1ccccc1. The molecule has 3 nitrogen and oxygen atoms in total. The molecule has 0 bridgehead atoms. The molecule has 4 aromatic rings. The molecule has 0 aromatic heterocycles. The molecule has 0 fully saturated rings. The average Bonchev–Trinajstić information content (AvgIpc) is 2.74. The second-order valence-corrected chi connectivity index (χ2v) is 7.09. The molecule has 0 saturated heterocycles. The van der Waals surface area contributed by atoms with Crippen molar-refractivity contribution in [3.63, 3.8) is 0 Å². The monoisotopic (exact) mass is 383 g/mol. The van der Waals surface area contributed by atoms with Crippen molar-refractivity contribution in [2.75, 3.05) is 0 Å². The van der Waals surface area contributed by atoms with Gasteiger partial charge >= 0.3 is 0 Å². The molecule has 0 aliphatic carbocycles. The Morgan fingerprint density at radius 2 is 1.07 bits per heavy atom. The summed E-state index contributed by atoms with van der Waals surface area (Å²) < 4.78 is 0. The van der Waals surface area contributed by atoms with Crippen LogP contribution in [0.1, 0.15) is 0 Å². The molecule has 0 heterocycles. The van der Waals surface area contributed by atoms with Crippen LogP contribution < -0.4 is 5.30 Å². The fourth-order valence-electron chi connectivity index (χ4n) is 3.53. The number of nitro groups is 1. The Hall–Kier alpha value is -3.29. The highest BCUT2D eigenvalue weighted by atomic mass is 31.0. The Balaban J connectivity index is 2.18. The zero-order valence-corrected chi connectivity index (χ0v) is 16.2. The zero-order chi connectivity index (χ0) is 19.5. The second-order valence-electron chi connectivity index (χ2n) is 6.47. The van der Waals surface area contributed by atoms with Gasteiger partial charge in [0.2, 0.25) is 0 Å². The summed E-state index contributed by atoms with van der Waals surface area (Å²) in [5, 5.41) is 12.6. The molecule has 0 radical (unpaired) electrons. The Morgan fingerprint density at radius 1 is 0.643 bits per heavy atom. The predicted molar refractivity (Wildman–Crippen MR) is 119 cm³/mol. The first kappa shape index (κ1) is 18.1. The zero-order valence-electron chi connectivity index (χ0n) is 15.1. The Morgan fingerprint density at radius 3 is 1.54 bits per heavy atom. The first-order valence-electron chi connectivity index (χ1n) is 8.94. The highest BCUT2D eigenvalue weighted by molar-refractivity contribution is 7.28. The fourth-order valence-corrected chi connectivity index (χ4v) is 3.94. The van der Waals surface area contributed by atoms with Crippen LogP contribution in [0.2, 0.25) is 0 Å². The molecule has 0 aliphatic heterocycles. The minimum Gasteiger partial charge on any atom is -0.258 e. The van der Waals surface area contributed by atoms with Crippen LogP contribution in [0.5, 0.6) is 0 Å². The highest BCUT2D eigenvalue weighted by Crippen LogP contribution is 2.44. The molecule has 28 heavy (non-hydrogen) atoms. The molecule has 0 amide bonds. The summed E-state index contributed by atoms with van der Waals surface area (Å²) in [6.07, 6.45) is 0. The Kier molecular flexibility index (Phi) is 5.01. The number of rotatable bonds is 4. The van der Waals surface area contributed by atoms with Crippen molar-refractivity contribution in [1.82, 2.24) is 0 Å². The fraction of sp³-hybridized carbons (Fsp3) is 0. The first-order valence-corrected chi connectivity index (χ1v) is 9.51. The molecule has 0 spiro atoms. The van der Waals surface area contributed by atoms with Crippen LogP contribution in [-0.2, 0) is 0 Å². The largest absolute Gasteiger partial charge is 0.284 e. The van der Waals surface area contributed by atoms with Gasteiger partial charge in [-0.15, -0.1) is 0 Å². The van der Waals surface area contributed by atoms with E-state index in [2.05, 4.69) is 9.24 Å². The lowest BCUT2D eigenvalue weighted by atomic mass is 9.86. The van der Waals surface area contributed by atoms with Crippen molar-refractivity contribution in [2.24, 2.45) is 0 Å². The minimum atomic E-state index is -0.286. The van der Waals surface area contributed by atoms with Gasteiger partial charge in [0, 0.05) is 10.9 Å². The molecular formula is C24H18NO2P. The summed E-state index contributed by atoms with van der Waals surface area (Å²) in [7, 11) is 2.54. The standard InChI is InChI=1S/C24H18NO2P/c26-25(27)24-21(28)16-20(17-10-4-1-5-11-17)22(18-12-6-2-7-13-18)23(24)19-14-8-3-9-15-19/h1-16H,28H2. The van der Waals surface area contributed by atoms with E-state index < -0.39 is 0 Å². The van der Waals surface area contributed by atoms with Gasteiger partial charge in [0.1, 0.15) is 0 Å². The quantitative estimate of drug-likeness (QED) is 0.243. The smallest absolute Gasteiger partial charge is 0.258 e. The van der Waals surface area contributed by atoms with Crippen molar-refractivity contribution in [1.29, 1.82) is 0 Å². The summed E-state index contributed by atoms with van der Waals surface area (Å²) in [6.45, 7) is 0. The van der Waals surface area contributed by atoms with Crippen molar-refractivity contribution < 1.29 is 4.92 Å². The third kappa shape index (κ3) is 3.33. The molecule has 4 rings (SSSR count). The number of nitrogens with zero attached hydrogens (tertiary/aromatic N) is 1. The second kappa shape index (κ2) is 7.75. The van der Waals surface area contributed by atoms with E-state index in [1.54, 1.807) is 0 Å². The van der Waals surface area contributed by atoms with Gasteiger partial charge in [-0.25, -0.2) is 0 Å². The molecular weight excluding hydrogens is 365 g/mol. The van der Waals surface area contributed by atoms with Crippen LogP contribution in [0.3, 0.4) is 0 Å². The third-order valence-corrected chi connectivity index (χ3v) is 5.16. The van der Waals surface area contributed by atoms with Gasteiger partial charge in [-0.1, -0.05) is 100 Å². The molecule has 0 N–H and O–H groups in total. The van der Waals surface area contributed by atoms with Gasteiger partial charge in [0.25, 0.3) is 5.69 Å². The van der Waals surface area contributed by atoms with Gasteiger partial charge in [-0.05, 0) is 28.3 Å². The average molecular weight is 383 g/mol. The topological polar surface area (TPSA) is 43.1 Å². The number of nitro benzene ring substituents is 1. The maximum Gasteiger partial charge on any atom is 0.284 e. The normalized spacial score (nSPS) is 10.6. The molecule has 4 heteroatoms. The molecule has 136 valence electrons. The van der Waals surface area contributed by atoms with Gasteiger partial charge in [0.05, 0.1) is 10.5 Å². The van der Waals surface area contributed by atoms with E-state index in [0.717, 1.165) is 27.8 Å². The molecule has 0 aliphatic rings. The predicted octanol–water partition coefficient (Wildman–Crippen LogP) is 6.10. The van der Waals surface area contributed by atoms with Gasteiger partial charge < -0.3 is 0 Å². The van der Waals surface area contributed by atoms with Crippen LogP contribution in [-0.4, -0.2) is 4.92 Å². The summed E-state index contributed by atoms with van der Waals surface area (Å²) in [4.78, 5) is 11.8. The highest BCUT2D eigenvalue weighted by Gasteiger charge is 2.26. The molecule has 1 atom stereocenters. The van der Waals surface area contributed by atoms with E-state index in [1.165, 1.54) is 0 Å². The van der Waals surface area contributed by atoms with Crippen LogP contribution in [0.4, 0.5) is 5.69 Å². The molecule has 0 saturated carbocycles. The number of hydrogen-bond acceptors (Lipinski definition) is 2. The van der Waals surface area contributed by atoms with E-state index in [9.17, 15) is 10.1 Å². The van der Waals surface area contributed by atoms with E-state index in [0.29, 0.717) is 10.9 Å². The van der Waals surface area contributed by atoms with Crippen molar-refractivity contribution in [3.8, 4) is 33.4 Å². The maximum absolute atomic E-state index is 12.0. The summed E-state index contributed by atoms with van der Waals surface area (Å²) in [5.74, 6) is 0.